The van der Waals surface area contributed by atoms with Gasteiger partial charge in [-0.25, -0.2) is 4.98 Å². The minimum Gasteiger partial charge on any atom is -0.406 e. The van der Waals surface area contributed by atoms with Crippen LogP contribution in [0.5, 0.6) is 5.75 Å². The number of hydrogen-bond acceptors (Lipinski definition) is 4. The van der Waals surface area contributed by atoms with E-state index in [9.17, 15) is 22.8 Å². The Morgan fingerprint density at radius 2 is 1.93 bits per heavy atom. The Kier molecular flexibility index (Phi) is 4.84. The van der Waals surface area contributed by atoms with E-state index in [1.165, 1.54) is 34.0 Å². The number of alkyl halides is 3. The first-order chi connectivity index (χ1) is 14.2. The lowest BCUT2D eigenvalue weighted by atomic mass is 10.1. The highest BCUT2D eigenvalue weighted by Crippen LogP contribution is 2.24. The molecule has 0 N–H and O–H groups in total. The Bertz CT molecular complexity index is 1170. The highest BCUT2D eigenvalue weighted by molar-refractivity contribution is 5.93. The molecule has 0 saturated heterocycles. The first kappa shape index (κ1) is 19.7. The topological polar surface area (TPSA) is 69.4 Å². The summed E-state index contributed by atoms with van der Waals surface area (Å²) in [5.41, 5.74) is 1.56. The molecule has 0 aliphatic carbocycles. The number of ether oxygens (including phenoxy) is 1. The van der Waals surface area contributed by atoms with E-state index >= 15 is 0 Å². The van der Waals surface area contributed by atoms with Gasteiger partial charge in [0.25, 0.3) is 11.5 Å². The minimum absolute atomic E-state index is 0.102. The van der Waals surface area contributed by atoms with Crippen molar-refractivity contribution in [2.75, 3.05) is 6.54 Å². The van der Waals surface area contributed by atoms with Gasteiger partial charge in [-0.15, -0.1) is 13.2 Å². The molecule has 0 unspecified atom stereocenters. The zero-order valence-corrected chi connectivity index (χ0v) is 15.9. The van der Waals surface area contributed by atoms with Gasteiger partial charge in [0.1, 0.15) is 17.1 Å². The van der Waals surface area contributed by atoms with Gasteiger partial charge in [0.05, 0.1) is 12.0 Å². The predicted octanol–water partition coefficient (Wildman–Crippen LogP) is 2.90. The highest BCUT2D eigenvalue weighted by atomic mass is 19.4. The number of pyridine rings is 1. The van der Waals surface area contributed by atoms with Crippen molar-refractivity contribution in [3.63, 3.8) is 0 Å². The van der Waals surface area contributed by atoms with Crippen LogP contribution in [0.25, 0.3) is 5.69 Å². The number of fused-ring (bicyclic) bond motifs is 1. The maximum Gasteiger partial charge on any atom is 0.573 e. The van der Waals surface area contributed by atoms with Gasteiger partial charge in [0.15, 0.2) is 0 Å². The standard InChI is InChI=1S/C20H17F3N4O3/c1-13-10-26(12-24-13)16-5-6-17-18(28)25(7-8-27(17)19(16)29)11-14-3-2-4-15(9-14)30-20(21,22)23/h2-6,9-10,12H,7-8,11H2,1H3. The van der Waals surface area contributed by atoms with E-state index in [0.717, 1.165) is 5.69 Å². The first-order valence-corrected chi connectivity index (χ1v) is 9.10. The predicted molar refractivity (Wildman–Crippen MR) is 100 cm³/mol. The second-order valence-corrected chi connectivity index (χ2v) is 6.90. The van der Waals surface area contributed by atoms with E-state index in [2.05, 4.69) is 9.72 Å². The van der Waals surface area contributed by atoms with E-state index in [4.69, 9.17) is 0 Å². The van der Waals surface area contributed by atoms with Crippen LogP contribution in [0.15, 0.2) is 53.7 Å². The molecule has 0 bridgehead atoms. The molecule has 156 valence electrons. The number of aromatic nitrogens is 3. The zero-order valence-electron chi connectivity index (χ0n) is 15.9. The zero-order chi connectivity index (χ0) is 21.5. The fourth-order valence-electron chi connectivity index (χ4n) is 3.42. The summed E-state index contributed by atoms with van der Waals surface area (Å²) < 4.78 is 44.2. The minimum atomic E-state index is -4.79. The molecule has 2 aromatic heterocycles. The molecule has 0 spiro atoms. The van der Waals surface area contributed by atoms with E-state index in [1.807, 2.05) is 6.92 Å². The molecule has 0 atom stereocenters. The van der Waals surface area contributed by atoms with Gasteiger partial charge in [-0.3, -0.25) is 9.59 Å². The lowest BCUT2D eigenvalue weighted by Gasteiger charge is -2.30. The van der Waals surface area contributed by atoms with Gasteiger partial charge in [-0.1, -0.05) is 12.1 Å². The van der Waals surface area contributed by atoms with Gasteiger partial charge in [0, 0.05) is 25.8 Å². The number of carbonyl (C=O) groups excluding carboxylic acids is 1. The number of rotatable bonds is 4. The van der Waals surface area contributed by atoms with E-state index < -0.39 is 6.36 Å². The second kappa shape index (κ2) is 7.36. The van der Waals surface area contributed by atoms with E-state index in [-0.39, 0.29) is 42.5 Å². The third kappa shape index (κ3) is 3.93. The Hall–Kier alpha value is -3.56. The van der Waals surface area contributed by atoms with Crippen LogP contribution in [0, 0.1) is 6.92 Å². The Labute approximate surface area is 168 Å². The summed E-state index contributed by atoms with van der Waals surface area (Å²) in [5.74, 6) is -0.713. The molecule has 1 aliphatic heterocycles. The SMILES string of the molecule is Cc1cn(-c2ccc3n(c2=O)CCN(Cc2cccc(OC(F)(F)F)c2)C3=O)cn1. The molecule has 1 aromatic carbocycles. The summed E-state index contributed by atoms with van der Waals surface area (Å²) in [7, 11) is 0. The lowest BCUT2D eigenvalue weighted by Crippen LogP contribution is -2.44. The van der Waals surface area contributed by atoms with Crippen molar-refractivity contribution >= 4 is 5.91 Å². The molecule has 0 fully saturated rings. The van der Waals surface area contributed by atoms with Crippen LogP contribution < -0.4 is 10.3 Å². The van der Waals surface area contributed by atoms with Crippen molar-refractivity contribution in [2.24, 2.45) is 0 Å². The Morgan fingerprint density at radius 3 is 2.63 bits per heavy atom. The molecule has 10 heteroatoms. The summed E-state index contributed by atoms with van der Waals surface area (Å²) in [6, 6.07) is 8.62. The number of hydrogen-bond donors (Lipinski definition) is 0. The molecule has 30 heavy (non-hydrogen) atoms. The summed E-state index contributed by atoms with van der Waals surface area (Å²) in [5, 5.41) is 0. The molecule has 0 radical (unpaired) electrons. The molecule has 3 aromatic rings. The molecule has 0 saturated carbocycles. The van der Waals surface area contributed by atoms with Crippen LogP contribution in [0.3, 0.4) is 0 Å². The summed E-state index contributed by atoms with van der Waals surface area (Å²) in [6.45, 7) is 2.44. The van der Waals surface area contributed by atoms with Gasteiger partial charge >= 0.3 is 6.36 Å². The van der Waals surface area contributed by atoms with Crippen molar-refractivity contribution in [2.45, 2.75) is 26.4 Å². The van der Waals surface area contributed by atoms with Crippen molar-refractivity contribution in [3.8, 4) is 11.4 Å². The Morgan fingerprint density at radius 1 is 1.13 bits per heavy atom. The van der Waals surface area contributed by atoms with Crippen LogP contribution in [0.2, 0.25) is 0 Å². The van der Waals surface area contributed by atoms with Crippen molar-refractivity contribution in [1.82, 2.24) is 19.0 Å². The number of amides is 1. The number of aryl methyl sites for hydroxylation is 1. The summed E-state index contributed by atoms with van der Waals surface area (Å²) in [4.78, 5) is 31.3. The number of benzene rings is 1. The first-order valence-electron chi connectivity index (χ1n) is 9.10. The highest BCUT2D eigenvalue weighted by Gasteiger charge is 2.31. The quantitative estimate of drug-likeness (QED) is 0.654. The monoisotopic (exact) mass is 418 g/mol. The average Bonchev–Trinajstić information content (AvgIpc) is 3.09. The van der Waals surface area contributed by atoms with Crippen LogP contribution in [-0.4, -0.2) is 37.8 Å². The maximum absolute atomic E-state index is 12.9. The van der Waals surface area contributed by atoms with Crippen LogP contribution >= 0.6 is 0 Å². The lowest BCUT2D eigenvalue weighted by molar-refractivity contribution is -0.274. The molecular weight excluding hydrogens is 401 g/mol. The van der Waals surface area contributed by atoms with E-state index in [1.54, 1.807) is 29.0 Å². The number of halogens is 3. The molecule has 1 aliphatic rings. The normalized spacial score (nSPS) is 14.0. The number of carbonyl (C=O) groups is 1. The molecule has 3 heterocycles. The van der Waals surface area contributed by atoms with Crippen LogP contribution in [-0.2, 0) is 13.1 Å². The summed E-state index contributed by atoms with van der Waals surface area (Å²) in [6.07, 6.45) is -1.53. The van der Waals surface area contributed by atoms with Gasteiger partial charge in [-0.2, -0.15) is 0 Å². The number of imidazole rings is 1. The van der Waals surface area contributed by atoms with Gasteiger partial charge in [0.2, 0.25) is 0 Å². The average molecular weight is 418 g/mol. The fourth-order valence-corrected chi connectivity index (χ4v) is 3.42. The fraction of sp³-hybridized carbons (Fsp3) is 0.250. The van der Waals surface area contributed by atoms with Gasteiger partial charge in [-0.05, 0) is 36.8 Å². The second-order valence-electron chi connectivity index (χ2n) is 6.90. The largest absolute Gasteiger partial charge is 0.573 e. The van der Waals surface area contributed by atoms with Gasteiger partial charge < -0.3 is 18.8 Å². The van der Waals surface area contributed by atoms with Crippen LogP contribution in [0.1, 0.15) is 21.7 Å². The Balaban J connectivity index is 1.57. The summed E-state index contributed by atoms with van der Waals surface area (Å²) >= 11 is 0. The molecule has 7 nitrogen and oxygen atoms in total. The number of nitrogens with zero attached hydrogens (tertiary/aromatic N) is 4. The smallest absolute Gasteiger partial charge is 0.406 e. The third-order valence-corrected chi connectivity index (χ3v) is 4.75. The third-order valence-electron chi connectivity index (χ3n) is 4.75. The van der Waals surface area contributed by atoms with Crippen molar-refractivity contribution < 1.29 is 22.7 Å². The van der Waals surface area contributed by atoms with Crippen LogP contribution in [0.4, 0.5) is 13.2 Å². The molecule has 1 amide bonds. The van der Waals surface area contributed by atoms with Crippen molar-refractivity contribution in [1.29, 1.82) is 0 Å². The molecular formula is C20H17F3N4O3. The van der Waals surface area contributed by atoms with Crippen molar-refractivity contribution in [3.05, 3.63) is 76.2 Å². The molecule has 4 rings (SSSR count). The van der Waals surface area contributed by atoms with E-state index in [0.29, 0.717) is 11.3 Å². The maximum atomic E-state index is 12.9.